The molecule has 0 atom stereocenters. The van der Waals surface area contributed by atoms with Gasteiger partial charge in [-0.1, -0.05) is 0 Å². The topological polar surface area (TPSA) is 63.2 Å². The van der Waals surface area contributed by atoms with E-state index >= 15 is 0 Å². The van der Waals surface area contributed by atoms with Crippen molar-refractivity contribution in [3.63, 3.8) is 0 Å². The summed E-state index contributed by atoms with van der Waals surface area (Å²) in [6, 6.07) is 11.2. The van der Waals surface area contributed by atoms with Gasteiger partial charge in [0.15, 0.2) is 5.82 Å². The summed E-state index contributed by atoms with van der Waals surface area (Å²) < 4.78 is 33.7. The van der Waals surface area contributed by atoms with Crippen molar-refractivity contribution >= 4 is 16.7 Å². The van der Waals surface area contributed by atoms with Gasteiger partial charge in [0.1, 0.15) is 17.5 Å². The minimum Gasteiger partial charge on any atom is -0.379 e. The highest BCUT2D eigenvalue weighted by molar-refractivity contribution is 5.96. The lowest BCUT2D eigenvalue weighted by Crippen LogP contribution is -2.35. The van der Waals surface area contributed by atoms with Gasteiger partial charge in [-0.05, 0) is 47.5 Å². The van der Waals surface area contributed by atoms with Crippen molar-refractivity contribution in [2.24, 2.45) is 0 Å². The Balaban J connectivity index is 1.72. The Kier molecular flexibility index (Phi) is 5.93. The average molecular weight is 447 g/mol. The maximum Gasteiger partial charge on any atom is 0.163 e. The molecule has 1 aliphatic heterocycles. The highest BCUT2D eigenvalue weighted by atomic mass is 19.1. The number of ether oxygens (including phenoxy) is 1. The number of hydrogen-bond acceptors (Lipinski definition) is 6. The number of benzene rings is 2. The predicted molar refractivity (Wildman–Crippen MR) is 124 cm³/mol. The van der Waals surface area contributed by atoms with E-state index in [9.17, 15) is 8.78 Å². The lowest BCUT2D eigenvalue weighted by atomic mass is 9.98. The van der Waals surface area contributed by atoms with Gasteiger partial charge < -0.3 is 10.1 Å². The zero-order valence-corrected chi connectivity index (χ0v) is 18.2. The number of anilines is 1. The zero-order valence-electron chi connectivity index (χ0n) is 18.2. The van der Waals surface area contributed by atoms with Crippen molar-refractivity contribution in [1.29, 1.82) is 0 Å². The summed E-state index contributed by atoms with van der Waals surface area (Å²) >= 11 is 0. The Bertz CT molecular complexity index is 1290. The molecule has 1 aliphatic rings. The minimum atomic E-state index is -0.606. The second kappa shape index (κ2) is 9.17. The van der Waals surface area contributed by atoms with E-state index in [0.717, 1.165) is 41.2 Å². The first-order valence-corrected chi connectivity index (χ1v) is 10.8. The fourth-order valence-corrected chi connectivity index (χ4v) is 4.12. The molecular formula is C25H23F2N5O. The number of fused-ring (bicyclic) bond motifs is 1. The fraction of sp³-hybridized carbons (Fsp3) is 0.240. The maximum absolute atomic E-state index is 14.7. The van der Waals surface area contributed by atoms with Crippen LogP contribution in [0.15, 0.2) is 54.9 Å². The predicted octanol–water partition coefficient (Wildman–Crippen LogP) is 4.51. The second-order valence-electron chi connectivity index (χ2n) is 7.93. The molecule has 0 unspecified atom stereocenters. The normalized spacial score (nSPS) is 14.5. The lowest BCUT2D eigenvalue weighted by Gasteiger charge is -2.27. The summed E-state index contributed by atoms with van der Waals surface area (Å²) in [6.07, 6.45) is 3.43. The first-order chi connectivity index (χ1) is 16.1. The van der Waals surface area contributed by atoms with Crippen LogP contribution in [0.25, 0.3) is 33.4 Å². The van der Waals surface area contributed by atoms with E-state index in [1.165, 1.54) is 12.1 Å². The molecule has 8 heteroatoms. The summed E-state index contributed by atoms with van der Waals surface area (Å²) in [6.45, 7) is 3.57. The first-order valence-electron chi connectivity index (χ1n) is 10.8. The van der Waals surface area contributed by atoms with E-state index in [-0.39, 0.29) is 0 Å². The van der Waals surface area contributed by atoms with Crippen LogP contribution in [0, 0.1) is 11.6 Å². The minimum absolute atomic E-state index is 0.333. The molecule has 0 bridgehead atoms. The van der Waals surface area contributed by atoms with Crippen LogP contribution in [0.4, 0.5) is 14.6 Å². The van der Waals surface area contributed by atoms with E-state index in [1.807, 2.05) is 24.3 Å². The number of halogens is 2. The van der Waals surface area contributed by atoms with Crippen LogP contribution in [0.5, 0.6) is 0 Å². The number of nitrogens with zero attached hydrogens (tertiary/aromatic N) is 4. The van der Waals surface area contributed by atoms with Gasteiger partial charge in [0.05, 0.1) is 18.7 Å². The summed E-state index contributed by atoms with van der Waals surface area (Å²) in [5, 5.41) is 3.93. The van der Waals surface area contributed by atoms with Crippen LogP contribution < -0.4 is 5.32 Å². The highest BCUT2D eigenvalue weighted by Gasteiger charge is 2.19. The molecule has 5 rings (SSSR count). The van der Waals surface area contributed by atoms with E-state index in [4.69, 9.17) is 14.7 Å². The van der Waals surface area contributed by atoms with Gasteiger partial charge in [-0.2, -0.15) is 0 Å². The molecule has 4 aromatic rings. The lowest BCUT2D eigenvalue weighted by molar-refractivity contribution is 0.0343. The van der Waals surface area contributed by atoms with Crippen molar-refractivity contribution in [1.82, 2.24) is 19.9 Å². The number of nitrogens with one attached hydrogen (secondary N) is 1. The SMILES string of the molecule is CNc1nc(-c2cccnc2)nc2c(CN3CCOCC3)cc(-c3ccc(F)cc3F)cc12. The van der Waals surface area contributed by atoms with E-state index < -0.39 is 11.6 Å². The molecule has 1 fully saturated rings. The molecule has 0 saturated carbocycles. The number of morpholine rings is 1. The van der Waals surface area contributed by atoms with Crippen molar-refractivity contribution in [2.75, 3.05) is 38.7 Å². The monoisotopic (exact) mass is 447 g/mol. The maximum atomic E-state index is 14.7. The summed E-state index contributed by atoms with van der Waals surface area (Å²) in [5.41, 5.74) is 3.52. The van der Waals surface area contributed by atoms with Gasteiger partial charge in [-0.15, -0.1) is 0 Å². The zero-order chi connectivity index (χ0) is 22.8. The third-order valence-corrected chi connectivity index (χ3v) is 5.78. The quantitative estimate of drug-likeness (QED) is 0.486. The van der Waals surface area contributed by atoms with Crippen LogP contribution in [0.2, 0.25) is 0 Å². The van der Waals surface area contributed by atoms with Crippen molar-refractivity contribution < 1.29 is 13.5 Å². The second-order valence-corrected chi connectivity index (χ2v) is 7.93. The summed E-state index contributed by atoms with van der Waals surface area (Å²) in [5.74, 6) is -0.0214. The fourth-order valence-electron chi connectivity index (χ4n) is 4.12. The summed E-state index contributed by atoms with van der Waals surface area (Å²) in [4.78, 5) is 16.1. The standard InChI is InChI=1S/C25H23F2N5O/c1-28-25-21-12-17(20-5-4-19(26)13-22(20)27)11-18(15-32-7-9-33-10-8-32)23(21)30-24(31-25)16-3-2-6-29-14-16/h2-6,11-14H,7-10,15H2,1H3,(H,28,30,31). The number of pyridine rings is 1. The van der Waals surface area contributed by atoms with Crippen LogP contribution >= 0.6 is 0 Å². The molecule has 6 nitrogen and oxygen atoms in total. The third kappa shape index (κ3) is 4.40. The molecule has 2 aromatic heterocycles. The van der Waals surface area contributed by atoms with Gasteiger partial charge >= 0.3 is 0 Å². The smallest absolute Gasteiger partial charge is 0.163 e. The van der Waals surface area contributed by atoms with Crippen LogP contribution in [-0.2, 0) is 11.3 Å². The van der Waals surface area contributed by atoms with Crippen molar-refractivity contribution in [3.8, 4) is 22.5 Å². The molecule has 3 heterocycles. The molecule has 0 aliphatic carbocycles. The molecule has 0 amide bonds. The number of hydrogen-bond donors (Lipinski definition) is 1. The van der Waals surface area contributed by atoms with E-state index in [1.54, 1.807) is 19.4 Å². The van der Waals surface area contributed by atoms with Crippen LogP contribution in [-0.4, -0.2) is 53.2 Å². The molecule has 33 heavy (non-hydrogen) atoms. The Hall–Kier alpha value is -3.49. The molecule has 1 N–H and O–H groups in total. The molecule has 0 spiro atoms. The largest absolute Gasteiger partial charge is 0.379 e. The van der Waals surface area contributed by atoms with Gasteiger partial charge in [-0.3, -0.25) is 9.88 Å². The molecule has 2 aromatic carbocycles. The Morgan fingerprint density at radius 2 is 1.88 bits per heavy atom. The number of rotatable bonds is 5. The van der Waals surface area contributed by atoms with E-state index in [2.05, 4.69) is 15.2 Å². The van der Waals surface area contributed by atoms with Gasteiger partial charge in [0.2, 0.25) is 0 Å². The van der Waals surface area contributed by atoms with Crippen molar-refractivity contribution in [2.45, 2.75) is 6.54 Å². The Labute approximate surface area is 190 Å². The van der Waals surface area contributed by atoms with E-state index in [0.29, 0.717) is 42.5 Å². The summed E-state index contributed by atoms with van der Waals surface area (Å²) in [7, 11) is 1.79. The van der Waals surface area contributed by atoms with Crippen LogP contribution in [0.1, 0.15) is 5.56 Å². The van der Waals surface area contributed by atoms with Crippen molar-refractivity contribution in [3.05, 3.63) is 72.1 Å². The third-order valence-electron chi connectivity index (χ3n) is 5.78. The average Bonchev–Trinajstić information content (AvgIpc) is 2.84. The molecule has 0 radical (unpaired) electrons. The molecular weight excluding hydrogens is 424 g/mol. The Morgan fingerprint density at radius 3 is 2.61 bits per heavy atom. The van der Waals surface area contributed by atoms with Gasteiger partial charge in [0.25, 0.3) is 0 Å². The highest BCUT2D eigenvalue weighted by Crippen LogP contribution is 2.34. The van der Waals surface area contributed by atoms with Gasteiger partial charge in [0, 0.05) is 61.7 Å². The first kappa shape index (κ1) is 21.4. The Morgan fingerprint density at radius 1 is 1.03 bits per heavy atom. The van der Waals surface area contributed by atoms with Gasteiger partial charge in [-0.25, -0.2) is 18.7 Å². The molecule has 168 valence electrons. The molecule has 1 saturated heterocycles. The van der Waals surface area contributed by atoms with Crippen LogP contribution in [0.3, 0.4) is 0 Å². The number of aromatic nitrogens is 3.